The second kappa shape index (κ2) is 13.2. The van der Waals surface area contributed by atoms with Crippen LogP contribution in [0.25, 0.3) is 45.3 Å². The summed E-state index contributed by atoms with van der Waals surface area (Å²) in [6, 6.07) is 34.7. The van der Waals surface area contributed by atoms with Crippen LogP contribution in [-0.2, 0) is 0 Å². The molecule has 0 saturated heterocycles. The van der Waals surface area contributed by atoms with Gasteiger partial charge in [-0.2, -0.15) is 0 Å². The summed E-state index contributed by atoms with van der Waals surface area (Å²) in [4.78, 5) is 4.91. The molecule has 1 atom stereocenters. The van der Waals surface area contributed by atoms with E-state index in [1.165, 1.54) is 43.4 Å². The maximum absolute atomic E-state index is 4.91. The van der Waals surface area contributed by atoms with Gasteiger partial charge in [0.05, 0.1) is 5.69 Å². The monoisotopic (exact) mass is 547 g/mol. The Morgan fingerprint density at radius 3 is 2.15 bits per heavy atom. The fraction of sp³-hybridized carbons (Fsp3) is 0.0513. The highest BCUT2D eigenvalue weighted by atomic mass is 31.1. The second-order valence-corrected chi connectivity index (χ2v) is 11.9. The first-order chi connectivity index (χ1) is 20.2. The molecule has 1 aromatic heterocycles. The van der Waals surface area contributed by atoms with Crippen LogP contribution in [0, 0.1) is 0 Å². The van der Waals surface area contributed by atoms with Crippen LogP contribution in [0.2, 0.25) is 0 Å². The van der Waals surface area contributed by atoms with E-state index in [9.17, 15) is 0 Å². The lowest BCUT2D eigenvalue weighted by Crippen LogP contribution is -2.13. The lowest BCUT2D eigenvalue weighted by molar-refractivity contribution is 1.34. The van der Waals surface area contributed by atoms with Crippen LogP contribution < -0.4 is 10.6 Å². The zero-order valence-corrected chi connectivity index (χ0v) is 24.6. The number of rotatable bonds is 9. The van der Waals surface area contributed by atoms with Gasteiger partial charge in [-0.3, -0.25) is 4.98 Å². The average molecular weight is 548 g/mol. The highest BCUT2D eigenvalue weighted by Gasteiger charge is 2.17. The van der Waals surface area contributed by atoms with Crippen LogP contribution >= 0.6 is 7.92 Å². The molecule has 5 aromatic rings. The normalized spacial score (nSPS) is 12.7. The van der Waals surface area contributed by atoms with Crippen molar-refractivity contribution in [3.05, 3.63) is 163 Å². The van der Waals surface area contributed by atoms with Crippen LogP contribution in [-0.4, -0.2) is 4.98 Å². The second-order valence-electron chi connectivity index (χ2n) is 9.69. The Hall–Kier alpha value is -4.58. The molecule has 0 spiro atoms. The minimum Gasteiger partial charge on any atom is -0.256 e. The third-order valence-corrected chi connectivity index (χ3v) is 9.48. The van der Waals surface area contributed by atoms with Gasteiger partial charge in [0.15, 0.2) is 0 Å². The molecule has 1 heterocycles. The zero-order chi connectivity index (χ0) is 28.6. The Kier molecular flexibility index (Phi) is 8.99. The Labute approximate surface area is 245 Å². The number of hydrogen-bond donors (Lipinski definition) is 0. The summed E-state index contributed by atoms with van der Waals surface area (Å²) in [7, 11) is -0.735. The molecule has 5 rings (SSSR count). The molecule has 4 aromatic carbocycles. The van der Waals surface area contributed by atoms with Gasteiger partial charge in [0.1, 0.15) is 0 Å². The van der Waals surface area contributed by atoms with E-state index in [1.807, 2.05) is 25.3 Å². The first kappa shape index (κ1) is 28.0. The van der Waals surface area contributed by atoms with Gasteiger partial charge in [-0.25, -0.2) is 0 Å². The van der Waals surface area contributed by atoms with E-state index >= 15 is 0 Å². The lowest BCUT2D eigenvalue weighted by atomic mass is 9.94. The van der Waals surface area contributed by atoms with Gasteiger partial charge < -0.3 is 0 Å². The summed E-state index contributed by atoms with van der Waals surface area (Å²) in [5.74, 6) is 0. The maximum atomic E-state index is 4.91. The summed E-state index contributed by atoms with van der Waals surface area (Å²) < 4.78 is 0. The Balaban J connectivity index is 1.44. The summed E-state index contributed by atoms with van der Waals surface area (Å²) >= 11 is 0. The molecule has 200 valence electrons. The fourth-order valence-electron chi connectivity index (χ4n) is 5.12. The number of pyridine rings is 1. The molecule has 0 aliphatic heterocycles. The van der Waals surface area contributed by atoms with E-state index in [2.05, 4.69) is 148 Å². The minimum atomic E-state index is -0.735. The summed E-state index contributed by atoms with van der Waals surface area (Å²) in [5, 5.41) is 6.21. The molecule has 0 bridgehead atoms. The van der Waals surface area contributed by atoms with Crippen molar-refractivity contribution in [2.75, 3.05) is 0 Å². The molecule has 0 amide bonds. The van der Waals surface area contributed by atoms with Gasteiger partial charge in [-0.05, 0) is 77.5 Å². The van der Waals surface area contributed by atoms with Gasteiger partial charge in [0.25, 0.3) is 0 Å². The van der Waals surface area contributed by atoms with E-state index in [0.29, 0.717) is 0 Å². The highest BCUT2D eigenvalue weighted by molar-refractivity contribution is 7.77. The zero-order valence-electron chi connectivity index (χ0n) is 23.7. The van der Waals surface area contributed by atoms with Crippen LogP contribution in [0.5, 0.6) is 0 Å². The van der Waals surface area contributed by atoms with Crippen molar-refractivity contribution in [2.24, 2.45) is 0 Å². The topological polar surface area (TPSA) is 12.9 Å². The number of allylic oxidation sites excluding steroid dienone is 6. The van der Waals surface area contributed by atoms with E-state index in [1.54, 1.807) is 0 Å². The van der Waals surface area contributed by atoms with Gasteiger partial charge >= 0.3 is 0 Å². The lowest BCUT2D eigenvalue weighted by Gasteiger charge is -2.20. The molecule has 0 radical (unpaired) electrons. The molecule has 0 N–H and O–H groups in total. The van der Waals surface area contributed by atoms with Crippen molar-refractivity contribution in [1.29, 1.82) is 0 Å². The fourth-order valence-corrected chi connectivity index (χ4v) is 7.44. The smallest absolute Gasteiger partial charge is 0.0702 e. The molecule has 41 heavy (non-hydrogen) atoms. The number of hydrogen-bond acceptors (Lipinski definition) is 1. The van der Waals surface area contributed by atoms with Gasteiger partial charge in [0, 0.05) is 17.1 Å². The molecule has 0 aliphatic carbocycles. The summed E-state index contributed by atoms with van der Waals surface area (Å²) in [5.41, 5.74) is 6.82. The molecule has 0 aliphatic rings. The van der Waals surface area contributed by atoms with E-state index < -0.39 is 7.92 Å². The van der Waals surface area contributed by atoms with Crippen molar-refractivity contribution in [2.45, 2.75) is 13.8 Å². The van der Waals surface area contributed by atoms with Crippen molar-refractivity contribution in [3.8, 4) is 22.4 Å². The third kappa shape index (κ3) is 6.12. The maximum Gasteiger partial charge on any atom is 0.0702 e. The van der Waals surface area contributed by atoms with Crippen LogP contribution in [0.1, 0.15) is 25.0 Å². The number of aromatic nitrogens is 1. The Morgan fingerprint density at radius 2 is 1.49 bits per heavy atom. The van der Waals surface area contributed by atoms with Crippen LogP contribution in [0.4, 0.5) is 0 Å². The Morgan fingerprint density at radius 1 is 0.732 bits per heavy atom. The Bertz CT molecular complexity index is 1760. The van der Waals surface area contributed by atoms with Crippen molar-refractivity contribution in [1.82, 2.24) is 4.98 Å². The van der Waals surface area contributed by atoms with Crippen LogP contribution in [0.15, 0.2) is 152 Å². The van der Waals surface area contributed by atoms with Gasteiger partial charge in [0.2, 0.25) is 0 Å². The molecule has 0 fully saturated rings. The quantitative estimate of drug-likeness (QED) is 0.132. The summed E-state index contributed by atoms with van der Waals surface area (Å²) in [6.07, 6.45) is 16.4. The molecule has 2 heteroatoms. The number of benzene rings is 4. The molecule has 1 nitrogen and oxygen atoms in total. The highest BCUT2D eigenvalue weighted by Crippen LogP contribution is 2.43. The summed E-state index contributed by atoms with van der Waals surface area (Å²) in [6.45, 7) is 12.0. The number of fused-ring (bicyclic) bond motifs is 1. The predicted molar refractivity (Wildman–Crippen MR) is 183 cm³/mol. The predicted octanol–water partition coefficient (Wildman–Crippen LogP) is 10.3. The largest absolute Gasteiger partial charge is 0.256 e. The van der Waals surface area contributed by atoms with Crippen molar-refractivity contribution >= 4 is 41.5 Å². The van der Waals surface area contributed by atoms with E-state index in [0.717, 1.165) is 16.8 Å². The minimum absolute atomic E-state index is 0.735. The standard InChI is InChI=1S/C39H34NP/c1-5-12-34(13-6-2)41(35-15-10-9-11-16-35)36-24-26-39(40-28-36)31-20-18-30(19-21-31)32-23-25-38-33(27-32)22-17-29(8-4)37(38)14-7-3/h5-28H,1,4H2,2-3H3/b13-6-,14-7-,34-12+. The molecule has 1 unspecified atom stereocenters. The SMILES string of the molecule is C=C/C=C(\C=C/C)P(c1ccccc1)c1ccc(-c2ccc(-c3ccc4c(/C=C\C)c(C=C)ccc4c3)cc2)nc1. The van der Waals surface area contributed by atoms with E-state index in [4.69, 9.17) is 4.98 Å². The average Bonchev–Trinajstić information content (AvgIpc) is 3.02. The van der Waals surface area contributed by atoms with Crippen molar-refractivity contribution in [3.63, 3.8) is 0 Å². The molecule has 0 saturated carbocycles. The third-order valence-electron chi connectivity index (χ3n) is 7.07. The first-order valence-electron chi connectivity index (χ1n) is 13.9. The number of nitrogens with zero attached hydrogens (tertiary/aromatic N) is 1. The van der Waals surface area contributed by atoms with E-state index in [-0.39, 0.29) is 0 Å². The van der Waals surface area contributed by atoms with Crippen LogP contribution in [0.3, 0.4) is 0 Å². The molecular weight excluding hydrogens is 513 g/mol. The van der Waals surface area contributed by atoms with Gasteiger partial charge in [-0.1, -0.05) is 141 Å². The first-order valence-corrected chi connectivity index (χ1v) is 15.2. The van der Waals surface area contributed by atoms with Gasteiger partial charge in [-0.15, -0.1) is 0 Å². The molecular formula is C39H34NP. The van der Waals surface area contributed by atoms with Crippen molar-refractivity contribution < 1.29 is 0 Å².